The number of carbonyl (C=O) groups is 1. The van der Waals surface area contributed by atoms with Crippen molar-refractivity contribution in [3.63, 3.8) is 0 Å². The number of nitrogens with zero attached hydrogens (tertiary/aromatic N) is 4. The van der Waals surface area contributed by atoms with Crippen molar-refractivity contribution in [2.45, 2.75) is 33.0 Å². The lowest BCUT2D eigenvalue weighted by molar-refractivity contribution is -0.138. The van der Waals surface area contributed by atoms with Gasteiger partial charge in [-0.1, -0.05) is 32.0 Å². The minimum Gasteiger partial charge on any atom is -0.361 e. The van der Waals surface area contributed by atoms with Crippen molar-refractivity contribution >= 4 is 33.6 Å². The Labute approximate surface area is 184 Å². The third-order valence-corrected chi connectivity index (χ3v) is 6.10. The molecule has 0 atom stereocenters. The van der Waals surface area contributed by atoms with Crippen LogP contribution in [0.4, 0.5) is 13.2 Å². The maximum Gasteiger partial charge on any atom is 0.416 e. The Kier molecular flexibility index (Phi) is 6.34. The van der Waals surface area contributed by atoms with Gasteiger partial charge in [0.15, 0.2) is 0 Å². The van der Waals surface area contributed by atoms with E-state index >= 15 is 0 Å². The summed E-state index contributed by atoms with van der Waals surface area (Å²) in [5.74, 6) is -0.826. The summed E-state index contributed by atoms with van der Waals surface area (Å²) in [6.07, 6.45) is -4.33. The molecule has 2 heterocycles. The number of Topliss-reactive ketones (excluding diaryl/α,β-unsaturated/α-hetero) is 1. The van der Waals surface area contributed by atoms with E-state index in [0.717, 1.165) is 22.0 Å². The number of rotatable bonds is 6. The predicted octanol–water partition coefficient (Wildman–Crippen LogP) is 3.51. The predicted molar refractivity (Wildman–Crippen MR) is 114 cm³/mol. The molecule has 0 aliphatic rings. The highest BCUT2D eigenvalue weighted by Gasteiger charge is 2.34. The zero-order valence-electron chi connectivity index (χ0n) is 17.4. The van der Waals surface area contributed by atoms with Gasteiger partial charge in [0.2, 0.25) is 0 Å². The van der Waals surface area contributed by atoms with Crippen molar-refractivity contribution in [3.05, 3.63) is 72.2 Å². The van der Waals surface area contributed by atoms with Crippen LogP contribution in [-0.2, 0) is 26.2 Å². The zero-order chi connectivity index (χ0) is 23.8. The first-order chi connectivity index (χ1) is 15.0. The van der Waals surface area contributed by atoms with Crippen LogP contribution in [0.5, 0.6) is 0 Å². The van der Waals surface area contributed by atoms with Crippen molar-refractivity contribution in [1.82, 2.24) is 9.13 Å². The molecule has 0 radical (unpaired) electrons. The van der Waals surface area contributed by atoms with Crippen molar-refractivity contribution in [2.75, 3.05) is 0 Å². The molecule has 3 aromatic rings. The van der Waals surface area contributed by atoms with Gasteiger partial charge in [0.1, 0.15) is 4.83 Å². The normalized spacial score (nSPS) is 11.7. The smallest absolute Gasteiger partial charge is 0.361 e. The molecule has 0 aliphatic carbocycles. The van der Waals surface area contributed by atoms with Gasteiger partial charge >= 0.3 is 18.1 Å². The monoisotopic (exact) mass is 464 g/mol. The molecule has 0 unspecified atom stereocenters. The maximum absolute atomic E-state index is 13.5. The number of halogens is 3. The molecule has 7 nitrogen and oxygen atoms in total. The first kappa shape index (κ1) is 23.4. The van der Waals surface area contributed by atoms with E-state index in [1.807, 2.05) is 13.8 Å². The fourth-order valence-corrected chi connectivity index (χ4v) is 4.85. The highest BCUT2D eigenvalue weighted by Crippen LogP contribution is 2.36. The van der Waals surface area contributed by atoms with E-state index in [0.29, 0.717) is 6.21 Å². The minimum absolute atomic E-state index is 0.0167. The standard InChI is InChI=1S/C21H19F3N4O3S/c1-11(2)10-28-19-17(18(30)27(3)20(28)31)16(14(29)9-26-25)15(32-19)8-12-6-4-5-7-13(12)21(22,23)24/h4-7,9,11H,8,10H2,1-3H3. The lowest BCUT2D eigenvalue weighted by Gasteiger charge is -2.12. The summed E-state index contributed by atoms with van der Waals surface area (Å²) in [5, 5.41) is -0.0814. The van der Waals surface area contributed by atoms with E-state index in [1.54, 1.807) is 0 Å². The molecule has 0 bridgehead atoms. The summed E-state index contributed by atoms with van der Waals surface area (Å²) in [5.41, 5.74) is 6.40. The van der Waals surface area contributed by atoms with Crippen molar-refractivity contribution in [3.8, 4) is 0 Å². The lowest BCUT2D eigenvalue weighted by atomic mass is 9.99. The fourth-order valence-electron chi connectivity index (χ4n) is 3.53. The summed E-state index contributed by atoms with van der Waals surface area (Å²) >= 11 is 0.916. The average molecular weight is 464 g/mol. The van der Waals surface area contributed by atoms with E-state index in [4.69, 9.17) is 5.53 Å². The molecule has 0 spiro atoms. The van der Waals surface area contributed by atoms with Crippen LogP contribution in [0, 0.1) is 5.92 Å². The van der Waals surface area contributed by atoms with Crippen LogP contribution in [-0.4, -0.2) is 25.9 Å². The van der Waals surface area contributed by atoms with Crippen molar-refractivity contribution in [1.29, 1.82) is 0 Å². The molecule has 0 fully saturated rings. The van der Waals surface area contributed by atoms with E-state index in [1.165, 1.54) is 29.8 Å². The Morgan fingerprint density at radius 2 is 1.91 bits per heavy atom. The molecule has 32 heavy (non-hydrogen) atoms. The number of carbonyl (C=O) groups excluding carboxylic acids is 1. The van der Waals surface area contributed by atoms with Gasteiger partial charge in [-0.2, -0.15) is 18.0 Å². The molecule has 3 rings (SSSR count). The molecule has 0 aliphatic heterocycles. The second kappa shape index (κ2) is 8.68. The summed E-state index contributed by atoms with van der Waals surface area (Å²) in [4.78, 5) is 41.5. The number of hydrogen-bond acceptors (Lipinski definition) is 4. The van der Waals surface area contributed by atoms with Crippen LogP contribution in [0.3, 0.4) is 0 Å². The Hall–Kier alpha value is -3.30. The van der Waals surface area contributed by atoms with Crippen LogP contribution >= 0.6 is 11.3 Å². The largest absolute Gasteiger partial charge is 0.416 e. The molecule has 0 N–H and O–H groups in total. The molecule has 0 amide bonds. The van der Waals surface area contributed by atoms with Gasteiger partial charge in [0.25, 0.3) is 11.3 Å². The summed E-state index contributed by atoms with van der Waals surface area (Å²) in [6.45, 7) is 3.97. The Morgan fingerprint density at radius 3 is 2.50 bits per heavy atom. The first-order valence-corrected chi connectivity index (χ1v) is 10.4. The molecule has 1 aromatic carbocycles. The van der Waals surface area contributed by atoms with Gasteiger partial charge in [-0.3, -0.25) is 18.7 Å². The van der Waals surface area contributed by atoms with Crippen LogP contribution < -0.4 is 11.2 Å². The van der Waals surface area contributed by atoms with E-state index in [2.05, 4.69) is 4.79 Å². The van der Waals surface area contributed by atoms with Crippen molar-refractivity contribution in [2.24, 2.45) is 13.0 Å². The van der Waals surface area contributed by atoms with Crippen LogP contribution in [0.2, 0.25) is 0 Å². The summed E-state index contributed by atoms with van der Waals surface area (Å²) in [7, 11) is 1.27. The molecular formula is C21H19F3N4O3S. The van der Waals surface area contributed by atoms with Gasteiger partial charge in [0.05, 0.1) is 16.5 Å². The fraction of sp³-hybridized carbons (Fsp3) is 0.333. The number of benzene rings is 1. The highest BCUT2D eigenvalue weighted by molar-refractivity contribution is 7.19. The second-order valence-corrected chi connectivity index (χ2v) is 8.76. The number of hydrogen-bond donors (Lipinski definition) is 0. The van der Waals surface area contributed by atoms with Crippen molar-refractivity contribution < 1.29 is 22.8 Å². The third kappa shape index (κ3) is 4.21. The Balaban J connectivity index is 2.40. The number of aromatic nitrogens is 2. The van der Waals surface area contributed by atoms with Crippen LogP contribution in [0.1, 0.15) is 40.2 Å². The number of alkyl halides is 3. The molecule has 11 heteroatoms. The first-order valence-electron chi connectivity index (χ1n) is 9.59. The molecule has 168 valence electrons. The van der Waals surface area contributed by atoms with Gasteiger partial charge < -0.3 is 5.53 Å². The van der Waals surface area contributed by atoms with Gasteiger partial charge in [0, 0.05) is 24.9 Å². The van der Waals surface area contributed by atoms with Gasteiger partial charge in [-0.05, 0) is 17.5 Å². The van der Waals surface area contributed by atoms with E-state index in [9.17, 15) is 27.6 Å². The minimum atomic E-state index is -4.61. The van der Waals surface area contributed by atoms with Gasteiger partial charge in [-0.25, -0.2) is 4.79 Å². The van der Waals surface area contributed by atoms with Gasteiger partial charge in [-0.15, -0.1) is 11.3 Å². The third-order valence-electron chi connectivity index (χ3n) is 4.89. The molecular weight excluding hydrogens is 445 g/mol. The number of fused-ring (bicyclic) bond motifs is 1. The van der Waals surface area contributed by atoms with E-state index < -0.39 is 28.8 Å². The molecule has 0 saturated heterocycles. The number of ketones is 1. The maximum atomic E-state index is 13.5. The average Bonchev–Trinajstić information content (AvgIpc) is 3.08. The Bertz CT molecular complexity index is 1380. The van der Waals surface area contributed by atoms with Crippen LogP contribution in [0.25, 0.3) is 15.7 Å². The molecule has 0 saturated carbocycles. The van der Waals surface area contributed by atoms with Crippen LogP contribution in [0.15, 0.2) is 33.9 Å². The SMILES string of the molecule is CC(C)Cn1c(=O)n(C)c(=O)c2c(C(=O)C=[N+]=[N-])c(Cc3ccccc3C(F)(F)F)sc21. The number of thiophene rings is 1. The lowest BCUT2D eigenvalue weighted by Crippen LogP contribution is -2.38. The highest BCUT2D eigenvalue weighted by atomic mass is 32.1. The second-order valence-electron chi connectivity index (χ2n) is 7.67. The quantitative estimate of drug-likeness (QED) is 0.242. The molecule has 2 aromatic heterocycles. The zero-order valence-corrected chi connectivity index (χ0v) is 18.3. The van der Waals surface area contributed by atoms with E-state index in [-0.39, 0.29) is 45.1 Å². The summed E-state index contributed by atoms with van der Waals surface area (Å²) < 4.78 is 42.7. The Morgan fingerprint density at radius 1 is 1.25 bits per heavy atom. The summed E-state index contributed by atoms with van der Waals surface area (Å²) in [6, 6.07) is 4.94. The topological polar surface area (TPSA) is 97.5 Å².